The Hall–Kier alpha value is -2.04. The molecular formula is C18H27N3O2. The lowest BCUT2D eigenvalue weighted by atomic mass is 10.1. The zero-order chi connectivity index (χ0) is 16.7. The second-order valence-corrected chi connectivity index (χ2v) is 6.32. The Kier molecular flexibility index (Phi) is 6.44. The number of hydrogen-bond acceptors (Lipinski definition) is 3. The van der Waals surface area contributed by atoms with Crippen LogP contribution in [0.25, 0.3) is 0 Å². The average molecular weight is 317 g/mol. The van der Waals surface area contributed by atoms with Gasteiger partial charge in [0.1, 0.15) is 0 Å². The van der Waals surface area contributed by atoms with Gasteiger partial charge in [0, 0.05) is 39.3 Å². The van der Waals surface area contributed by atoms with Crippen molar-refractivity contribution in [2.24, 2.45) is 0 Å². The van der Waals surface area contributed by atoms with E-state index in [9.17, 15) is 9.59 Å². The van der Waals surface area contributed by atoms with Crippen LogP contribution in [0.15, 0.2) is 24.3 Å². The van der Waals surface area contributed by atoms with Gasteiger partial charge in [-0.05, 0) is 30.5 Å². The molecule has 1 fully saturated rings. The molecule has 5 heteroatoms. The Balaban J connectivity index is 1.84. The van der Waals surface area contributed by atoms with Gasteiger partial charge in [0.05, 0.1) is 6.54 Å². The molecule has 1 aliphatic heterocycles. The smallest absolute Gasteiger partial charge is 0.239 e. The molecule has 1 saturated heterocycles. The summed E-state index contributed by atoms with van der Waals surface area (Å²) in [5, 5.41) is 2.92. The number of anilines is 1. The van der Waals surface area contributed by atoms with Gasteiger partial charge in [0.15, 0.2) is 0 Å². The number of likely N-dealkylation sites (tertiary alicyclic amines) is 1. The number of hydrogen-bond donors (Lipinski definition) is 1. The van der Waals surface area contributed by atoms with E-state index in [4.69, 9.17) is 0 Å². The average Bonchev–Trinajstić information content (AvgIpc) is 2.53. The summed E-state index contributed by atoms with van der Waals surface area (Å²) in [6.07, 6.45) is 4.76. The van der Waals surface area contributed by atoms with Crippen LogP contribution in [0.3, 0.4) is 0 Å². The van der Waals surface area contributed by atoms with Gasteiger partial charge in [-0.25, -0.2) is 0 Å². The van der Waals surface area contributed by atoms with Gasteiger partial charge in [-0.3, -0.25) is 9.59 Å². The molecule has 1 N–H and O–H groups in total. The number of benzene rings is 1. The van der Waals surface area contributed by atoms with Crippen molar-refractivity contribution in [2.75, 3.05) is 32.1 Å². The van der Waals surface area contributed by atoms with Gasteiger partial charge < -0.3 is 15.1 Å². The number of carbonyl (C=O) groups is 2. The van der Waals surface area contributed by atoms with E-state index in [-0.39, 0.29) is 18.4 Å². The molecule has 1 heterocycles. The molecule has 0 radical (unpaired) electrons. The van der Waals surface area contributed by atoms with E-state index in [0.717, 1.165) is 36.9 Å². The number of nitrogens with one attached hydrogen (secondary N) is 1. The second kappa shape index (κ2) is 8.56. The zero-order valence-electron chi connectivity index (χ0n) is 14.2. The van der Waals surface area contributed by atoms with Crippen molar-refractivity contribution in [1.29, 1.82) is 0 Å². The Labute approximate surface area is 138 Å². The van der Waals surface area contributed by atoms with E-state index < -0.39 is 0 Å². The number of amides is 2. The highest BCUT2D eigenvalue weighted by atomic mass is 16.2. The predicted octanol–water partition coefficient (Wildman–Crippen LogP) is 2.16. The lowest BCUT2D eigenvalue weighted by Gasteiger charge is -2.24. The van der Waals surface area contributed by atoms with Crippen molar-refractivity contribution in [1.82, 2.24) is 10.2 Å². The number of carbonyl (C=O) groups excluding carboxylic acids is 2. The van der Waals surface area contributed by atoms with Gasteiger partial charge in [0.2, 0.25) is 11.8 Å². The molecule has 0 atom stereocenters. The largest absolute Gasteiger partial charge is 0.378 e. The molecular weight excluding hydrogens is 290 g/mol. The van der Waals surface area contributed by atoms with Crippen LogP contribution in [-0.4, -0.2) is 43.9 Å². The first-order valence-corrected chi connectivity index (χ1v) is 8.37. The zero-order valence-corrected chi connectivity index (χ0v) is 14.2. The second-order valence-electron chi connectivity index (χ2n) is 6.32. The lowest BCUT2D eigenvalue weighted by Crippen LogP contribution is -2.41. The minimum Gasteiger partial charge on any atom is -0.378 e. The van der Waals surface area contributed by atoms with Gasteiger partial charge >= 0.3 is 0 Å². The Morgan fingerprint density at radius 3 is 2.78 bits per heavy atom. The molecule has 2 amide bonds. The summed E-state index contributed by atoms with van der Waals surface area (Å²) in [6, 6.07) is 8.07. The van der Waals surface area contributed by atoms with Gasteiger partial charge in [-0.2, -0.15) is 0 Å². The van der Waals surface area contributed by atoms with E-state index in [1.807, 2.05) is 37.2 Å². The highest BCUT2D eigenvalue weighted by molar-refractivity contribution is 5.84. The fourth-order valence-electron chi connectivity index (χ4n) is 2.76. The van der Waals surface area contributed by atoms with Crippen LogP contribution in [0, 0.1) is 0 Å². The van der Waals surface area contributed by atoms with Crippen molar-refractivity contribution >= 4 is 17.5 Å². The van der Waals surface area contributed by atoms with Crippen LogP contribution >= 0.6 is 0 Å². The molecule has 1 aromatic carbocycles. The molecule has 2 rings (SSSR count). The molecule has 0 unspecified atom stereocenters. The van der Waals surface area contributed by atoms with Gasteiger partial charge in [-0.15, -0.1) is 0 Å². The molecule has 1 aliphatic rings. The maximum atomic E-state index is 12.1. The summed E-state index contributed by atoms with van der Waals surface area (Å²) in [4.78, 5) is 27.9. The third kappa shape index (κ3) is 5.58. The summed E-state index contributed by atoms with van der Waals surface area (Å²) < 4.78 is 0. The molecule has 126 valence electrons. The van der Waals surface area contributed by atoms with Crippen LogP contribution in [0.5, 0.6) is 0 Å². The maximum absolute atomic E-state index is 12.1. The number of rotatable bonds is 5. The molecule has 23 heavy (non-hydrogen) atoms. The quantitative estimate of drug-likeness (QED) is 0.905. The molecule has 0 aliphatic carbocycles. The van der Waals surface area contributed by atoms with Crippen LogP contribution in [0.2, 0.25) is 0 Å². The first-order chi connectivity index (χ1) is 11.1. The summed E-state index contributed by atoms with van der Waals surface area (Å²) in [5.41, 5.74) is 2.17. The predicted molar refractivity (Wildman–Crippen MR) is 92.3 cm³/mol. The lowest BCUT2D eigenvalue weighted by molar-refractivity contribution is -0.136. The number of nitrogens with zero attached hydrogens (tertiary/aromatic N) is 2. The molecule has 0 saturated carbocycles. The van der Waals surface area contributed by atoms with Crippen molar-refractivity contribution < 1.29 is 9.59 Å². The molecule has 0 bridgehead atoms. The highest BCUT2D eigenvalue weighted by Gasteiger charge is 2.18. The summed E-state index contributed by atoms with van der Waals surface area (Å²) in [7, 11) is 3.98. The Bertz CT molecular complexity index is 543. The van der Waals surface area contributed by atoms with Crippen LogP contribution in [0.1, 0.15) is 37.7 Å². The molecule has 0 spiro atoms. The molecule has 5 nitrogen and oxygen atoms in total. The fourth-order valence-corrected chi connectivity index (χ4v) is 2.76. The van der Waals surface area contributed by atoms with Crippen LogP contribution in [-0.2, 0) is 16.1 Å². The topological polar surface area (TPSA) is 52.7 Å². The minimum atomic E-state index is -0.0887. The normalized spacial score (nSPS) is 15.7. The standard InChI is InChI=1S/C18H27N3O2/c1-20(2)16-9-7-8-15(12-16)13-19-17(22)14-21-11-6-4-3-5-10-18(21)23/h7-9,12H,3-6,10-11,13-14H2,1-2H3,(H,19,22). The summed E-state index contributed by atoms with van der Waals surface area (Å²) in [6.45, 7) is 1.36. The van der Waals surface area contributed by atoms with Crippen molar-refractivity contribution in [3.63, 3.8) is 0 Å². The van der Waals surface area contributed by atoms with Crippen molar-refractivity contribution in [3.05, 3.63) is 29.8 Å². The third-order valence-electron chi connectivity index (χ3n) is 4.17. The molecule has 0 aromatic heterocycles. The maximum Gasteiger partial charge on any atom is 0.239 e. The first kappa shape index (κ1) is 17.3. The van der Waals surface area contributed by atoms with E-state index in [1.165, 1.54) is 0 Å². The first-order valence-electron chi connectivity index (χ1n) is 8.37. The van der Waals surface area contributed by atoms with E-state index in [1.54, 1.807) is 4.90 Å². The Morgan fingerprint density at radius 1 is 1.22 bits per heavy atom. The Morgan fingerprint density at radius 2 is 2.00 bits per heavy atom. The van der Waals surface area contributed by atoms with Gasteiger partial charge in [0.25, 0.3) is 0 Å². The fraction of sp³-hybridized carbons (Fsp3) is 0.556. The monoisotopic (exact) mass is 317 g/mol. The summed E-state index contributed by atoms with van der Waals surface area (Å²) in [5.74, 6) is 0.0173. The molecule has 1 aromatic rings. The highest BCUT2D eigenvalue weighted by Crippen LogP contribution is 2.13. The van der Waals surface area contributed by atoms with E-state index >= 15 is 0 Å². The minimum absolute atomic E-state index is 0.0887. The van der Waals surface area contributed by atoms with Crippen LogP contribution in [0.4, 0.5) is 5.69 Å². The summed E-state index contributed by atoms with van der Waals surface area (Å²) >= 11 is 0. The van der Waals surface area contributed by atoms with Crippen molar-refractivity contribution in [3.8, 4) is 0 Å². The van der Waals surface area contributed by atoms with Crippen molar-refractivity contribution in [2.45, 2.75) is 38.6 Å². The third-order valence-corrected chi connectivity index (χ3v) is 4.17. The van der Waals surface area contributed by atoms with Crippen LogP contribution < -0.4 is 10.2 Å². The van der Waals surface area contributed by atoms with Gasteiger partial charge in [-0.1, -0.05) is 25.0 Å². The van der Waals surface area contributed by atoms with E-state index in [0.29, 0.717) is 19.5 Å². The SMILES string of the molecule is CN(C)c1cccc(CNC(=O)CN2CCCCCCC2=O)c1. The van der Waals surface area contributed by atoms with E-state index in [2.05, 4.69) is 11.4 Å².